The smallest absolute Gasteiger partial charge is 0.237 e. The van der Waals surface area contributed by atoms with Crippen LogP contribution in [-0.2, 0) is 22.6 Å². The molecular formula is C21H25N5O2. The highest BCUT2D eigenvalue weighted by Gasteiger charge is 2.28. The number of benzene rings is 1. The number of hydrogen-bond acceptors (Lipinski definition) is 3. The summed E-state index contributed by atoms with van der Waals surface area (Å²) in [4.78, 5) is 34.1. The van der Waals surface area contributed by atoms with Gasteiger partial charge in [0, 0.05) is 48.0 Å². The van der Waals surface area contributed by atoms with E-state index in [0.717, 1.165) is 47.4 Å². The summed E-state index contributed by atoms with van der Waals surface area (Å²) in [6.45, 7) is 3.51. The normalized spacial score (nSPS) is 17.2. The van der Waals surface area contributed by atoms with Crippen LogP contribution in [0.25, 0.3) is 10.9 Å². The summed E-state index contributed by atoms with van der Waals surface area (Å²) >= 11 is 0. The Kier molecular flexibility index (Phi) is 4.90. The van der Waals surface area contributed by atoms with Gasteiger partial charge in [-0.3, -0.25) is 9.59 Å². The summed E-state index contributed by atoms with van der Waals surface area (Å²) in [7, 11) is 0. The van der Waals surface area contributed by atoms with E-state index < -0.39 is 5.91 Å². The van der Waals surface area contributed by atoms with E-state index in [9.17, 15) is 9.59 Å². The number of hydrogen-bond donors (Lipinski definition) is 2. The molecule has 7 heteroatoms. The van der Waals surface area contributed by atoms with E-state index >= 15 is 0 Å². The van der Waals surface area contributed by atoms with Gasteiger partial charge >= 0.3 is 0 Å². The van der Waals surface area contributed by atoms with Crippen LogP contribution < -0.4 is 5.73 Å². The summed E-state index contributed by atoms with van der Waals surface area (Å²) in [5.41, 5.74) is 8.51. The maximum atomic E-state index is 13.0. The third kappa shape index (κ3) is 3.52. The number of nitrogens with two attached hydrogens (primary N) is 1. The Morgan fingerprint density at radius 2 is 2.14 bits per heavy atom. The molecule has 0 bridgehead atoms. The first-order valence-corrected chi connectivity index (χ1v) is 9.66. The number of aryl methyl sites for hydroxylation is 1. The van der Waals surface area contributed by atoms with Gasteiger partial charge in [0.2, 0.25) is 11.8 Å². The molecule has 146 valence electrons. The average molecular weight is 379 g/mol. The minimum Gasteiger partial charge on any atom is -0.368 e. The van der Waals surface area contributed by atoms with Crippen LogP contribution >= 0.6 is 0 Å². The number of H-pyrrole nitrogens is 1. The van der Waals surface area contributed by atoms with Gasteiger partial charge in [-0.2, -0.15) is 0 Å². The molecule has 7 nitrogen and oxygen atoms in total. The Morgan fingerprint density at radius 1 is 1.32 bits per heavy atom. The van der Waals surface area contributed by atoms with Crippen molar-refractivity contribution in [2.24, 2.45) is 5.73 Å². The van der Waals surface area contributed by atoms with E-state index in [2.05, 4.69) is 16.0 Å². The third-order valence-corrected chi connectivity index (χ3v) is 5.57. The van der Waals surface area contributed by atoms with Gasteiger partial charge < -0.3 is 20.2 Å². The molecule has 3 aromatic rings. The number of carbonyl (C=O) groups is 2. The van der Waals surface area contributed by atoms with Gasteiger partial charge in [-0.25, -0.2) is 4.98 Å². The van der Waals surface area contributed by atoms with Crippen LogP contribution in [0.4, 0.5) is 0 Å². The quantitative estimate of drug-likeness (QED) is 0.710. The van der Waals surface area contributed by atoms with Gasteiger partial charge in [0.1, 0.15) is 12.4 Å². The fraction of sp³-hybridized carbons (Fsp3) is 0.381. The topological polar surface area (TPSA) is 97.0 Å². The number of rotatable bonds is 5. The molecular weight excluding hydrogens is 354 g/mol. The molecule has 0 saturated carbocycles. The second-order valence-electron chi connectivity index (χ2n) is 7.51. The van der Waals surface area contributed by atoms with Crippen LogP contribution in [0.1, 0.15) is 35.8 Å². The van der Waals surface area contributed by atoms with E-state index in [1.54, 1.807) is 17.0 Å². The van der Waals surface area contributed by atoms with E-state index in [0.29, 0.717) is 13.0 Å². The van der Waals surface area contributed by atoms with Crippen molar-refractivity contribution in [2.45, 2.75) is 38.6 Å². The van der Waals surface area contributed by atoms with Crippen molar-refractivity contribution in [2.75, 3.05) is 13.1 Å². The Balaban J connectivity index is 1.50. The molecule has 3 N–H and O–H groups in total. The number of para-hydroxylation sites is 1. The molecule has 1 aliphatic heterocycles. The van der Waals surface area contributed by atoms with Crippen molar-refractivity contribution in [1.82, 2.24) is 19.4 Å². The maximum Gasteiger partial charge on any atom is 0.237 e. The van der Waals surface area contributed by atoms with Crippen LogP contribution in [-0.4, -0.2) is 44.3 Å². The predicted molar refractivity (Wildman–Crippen MR) is 107 cm³/mol. The monoisotopic (exact) mass is 379 g/mol. The first kappa shape index (κ1) is 18.3. The van der Waals surface area contributed by atoms with Crippen LogP contribution in [0.15, 0.2) is 36.7 Å². The highest BCUT2D eigenvalue weighted by molar-refractivity contribution is 5.90. The number of amides is 2. The second kappa shape index (κ2) is 7.50. The maximum absolute atomic E-state index is 13.0. The standard InChI is InChI=1S/C21H25N5O2/c1-14-17(16-6-2-3-7-18(16)24-14)11-20(28)25-9-4-5-15(12-25)21-23-8-10-26(21)13-19(22)27/h2-3,6-8,10,15,24H,4-5,9,11-13H2,1H3,(H2,22,27)/t15-/m0/s1. The van der Waals surface area contributed by atoms with Crippen LogP contribution in [0.5, 0.6) is 0 Å². The fourth-order valence-corrected chi connectivity index (χ4v) is 4.22. The Bertz CT molecular complexity index is 1020. The van der Waals surface area contributed by atoms with Crippen molar-refractivity contribution in [3.8, 4) is 0 Å². The molecule has 1 aliphatic rings. The molecule has 0 unspecified atom stereocenters. The number of fused-ring (bicyclic) bond motifs is 1. The zero-order chi connectivity index (χ0) is 19.7. The molecule has 4 rings (SSSR count). The van der Waals surface area contributed by atoms with Gasteiger partial charge in [-0.05, 0) is 31.4 Å². The summed E-state index contributed by atoms with van der Waals surface area (Å²) < 4.78 is 1.80. The number of nitrogens with zero attached hydrogens (tertiary/aromatic N) is 3. The largest absolute Gasteiger partial charge is 0.368 e. The number of aromatic amines is 1. The lowest BCUT2D eigenvalue weighted by atomic mass is 9.96. The SMILES string of the molecule is Cc1[nH]c2ccccc2c1CC(=O)N1CCC[C@H](c2nccn2CC(N)=O)C1. The summed E-state index contributed by atoms with van der Waals surface area (Å²) in [6.07, 6.45) is 5.72. The predicted octanol–water partition coefficient (Wildman–Crippen LogP) is 2.11. The van der Waals surface area contributed by atoms with E-state index in [1.807, 2.05) is 30.0 Å². The highest BCUT2D eigenvalue weighted by atomic mass is 16.2. The number of imidazole rings is 1. The summed E-state index contributed by atoms with van der Waals surface area (Å²) in [5, 5.41) is 1.11. The minimum atomic E-state index is -0.391. The zero-order valence-corrected chi connectivity index (χ0v) is 16.0. The molecule has 2 aromatic heterocycles. The van der Waals surface area contributed by atoms with Gasteiger partial charge in [-0.1, -0.05) is 18.2 Å². The van der Waals surface area contributed by atoms with Crippen LogP contribution in [0.2, 0.25) is 0 Å². The molecule has 28 heavy (non-hydrogen) atoms. The average Bonchev–Trinajstić information content (AvgIpc) is 3.26. The van der Waals surface area contributed by atoms with Crippen molar-refractivity contribution >= 4 is 22.7 Å². The Morgan fingerprint density at radius 3 is 2.96 bits per heavy atom. The number of piperidine rings is 1. The molecule has 1 atom stereocenters. The Hall–Kier alpha value is -3.09. The number of aromatic nitrogens is 3. The highest BCUT2D eigenvalue weighted by Crippen LogP contribution is 2.28. The molecule has 1 saturated heterocycles. The number of carbonyl (C=O) groups excluding carboxylic acids is 2. The first-order valence-electron chi connectivity index (χ1n) is 9.66. The van der Waals surface area contributed by atoms with E-state index in [1.165, 1.54) is 0 Å². The first-order chi connectivity index (χ1) is 13.5. The lowest BCUT2D eigenvalue weighted by Crippen LogP contribution is -2.40. The lowest BCUT2D eigenvalue weighted by Gasteiger charge is -2.32. The summed E-state index contributed by atoms with van der Waals surface area (Å²) in [5.74, 6) is 0.694. The van der Waals surface area contributed by atoms with Gasteiger partial charge in [0.15, 0.2) is 0 Å². The zero-order valence-electron chi connectivity index (χ0n) is 16.0. The van der Waals surface area contributed by atoms with Crippen LogP contribution in [0, 0.1) is 6.92 Å². The van der Waals surface area contributed by atoms with Crippen molar-refractivity contribution < 1.29 is 9.59 Å². The molecule has 0 spiro atoms. The van der Waals surface area contributed by atoms with Gasteiger partial charge in [0.05, 0.1) is 6.42 Å². The Labute approximate surface area is 163 Å². The van der Waals surface area contributed by atoms with Gasteiger partial charge in [0.25, 0.3) is 0 Å². The minimum absolute atomic E-state index is 0.119. The fourth-order valence-electron chi connectivity index (χ4n) is 4.22. The number of primary amides is 1. The van der Waals surface area contributed by atoms with E-state index in [4.69, 9.17) is 5.73 Å². The summed E-state index contributed by atoms with van der Waals surface area (Å²) in [6, 6.07) is 8.08. The van der Waals surface area contributed by atoms with Crippen LogP contribution in [0.3, 0.4) is 0 Å². The second-order valence-corrected chi connectivity index (χ2v) is 7.51. The molecule has 1 aromatic carbocycles. The molecule has 0 radical (unpaired) electrons. The number of nitrogens with one attached hydrogen (secondary N) is 1. The molecule has 2 amide bonds. The van der Waals surface area contributed by atoms with E-state index in [-0.39, 0.29) is 18.4 Å². The molecule has 3 heterocycles. The molecule has 1 fully saturated rings. The molecule has 0 aliphatic carbocycles. The third-order valence-electron chi connectivity index (χ3n) is 5.57. The van der Waals surface area contributed by atoms with Crippen molar-refractivity contribution in [3.05, 3.63) is 53.7 Å². The lowest BCUT2D eigenvalue weighted by molar-refractivity contribution is -0.131. The van der Waals surface area contributed by atoms with Gasteiger partial charge in [-0.15, -0.1) is 0 Å². The van der Waals surface area contributed by atoms with Crippen molar-refractivity contribution in [3.63, 3.8) is 0 Å². The van der Waals surface area contributed by atoms with Crippen molar-refractivity contribution in [1.29, 1.82) is 0 Å². The number of likely N-dealkylation sites (tertiary alicyclic amines) is 1.